The van der Waals surface area contributed by atoms with Crippen molar-refractivity contribution in [2.45, 2.75) is 6.10 Å². The maximum Gasteiger partial charge on any atom is 0.331 e. The van der Waals surface area contributed by atoms with Gasteiger partial charge >= 0.3 is 5.97 Å². The predicted octanol–water partition coefficient (Wildman–Crippen LogP) is 2.50. The summed E-state index contributed by atoms with van der Waals surface area (Å²) in [5.74, 6) is -0.127. The van der Waals surface area contributed by atoms with E-state index in [0.29, 0.717) is 28.4 Å². The molecule has 2 N–H and O–H groups in total. The Morgan fingerprint density at radius 2 is 1.56 bits per heavy atom. The van der Waals surface area contributed by atoms with Crippen LogP contribution in [0.5, 0.6) is 17.2 Å². The topological polar surface area (TPSA) is 97.1 Å². The lowest BCUT2D eigenvalue weighted by Gasteiger charge is -2.14. The third-order valence-corrected chi connectivity index (χ3v) is 3.69. The summed E-state index contributed by atoms with van der Waals surface area (Å²) in [4.78, 5) is 23.8. The van der Waals surface area contributed by atoms with Gasteiger partial charge in [0.25, 0.3) is 5.91 Å². The Hall–Kier alpha value is -3.48. The summed E-state index contributed by atoms with van der Waals surface area (Å²) in [5.41, 5.74) is 6.47. The molecule has 0 aromatic heterocycles. The van der Waals surface area contributed by atoms with Crippen LogP contribution in [0, 0.1) is 0 Å². The molecule has 0 heterocycles. The van der Waals surface area contributed by atoms with Crippen molar-refractivity contribution < 1.29 is 28.5 Å². The Morgan fingerprint density at radius 3 is 2.04 bits per heavy atom. The van der Waals surface area contributed by atoms with Crippen LogP contribution in [0.25, 0.3) is 6.08 Å². The second-order valence-electron chi connectivity index (χ2n) is 5.42. The van der Waals surface area contributed by atoms with Crippen LogP contribution in [-0.4, -0.2) is 33.2 Å². The van der Waals surface area contributed by atoms with Gasteiger partial charge in [-0.3, -0.25) is 4.79 Å². The molecule has 0 radical (unpaired) electrons. The van der Waals surface area contributed by atoms with Gasteiger partial charge in [-0.1, -0.05) is 30.3 Å². The number of nitrogens with two attached hydrogens (primary N) is 1. The van der Waals surface area contributed by atoms with Gasteiger partial charge in [-0.15, -0.1) is 0 Å². The molecule has 1 amide bonds. The molecule has 0 saturated carbocycles. The molecule has 0 aliphatic heterocycles. The second kappa shape index (κ2) is 9.28. The summed E-state index contributed by atoms with van der Waals surface area (Å²) in [6, 6.07) is 11.9. The van der Waals surface area contributed by atoms with E-state index in [1.165, 1.54) is 33.5 Å². The van der Waals surface area contributed by atoms with Gasteiger partial charge in [0.1, 0.15) is 0 Å². The lowest BCUT2D eigenvalue weighted by molar-refractivity contribution is -0.150. The highest BCUT2D eigenvalue weighted by Gasteiger charge is 2.21. The van der Waals surface area contributed by atoms with Gasteiger partial charge in [-0.2, -0.15) is 0 Å². The zero-order valence-electron chi connectivity index (χ0n) is 15.3. The average molecular weight is 371 g/mol. The first kappa shape index (κ1) is 19.8. The lowest BCUT2D eigenvalue weighted by atomic mass is 10.1. The highest BCUT2D eigenvalue weighted by atomic mass is 16.5. The van der Waals surface area contributed by atoms with Crippen LogP contribution in [0.15, 0.2) is 48.5 Å². The number of rotatable bonds is 8. The summed E-state index contributed by atoms with van der Waals surface area (Å²) in [6.45, 7) is 0. The number of benzene rings is 2. The highest BCUT2D eigenvalue weighted by Crippen LogP contribution is 2.38. The van der Waals surface area contributed by atoms with E-state index in [-0.39, 0.29) is 0 Å². The molecule has 27 heavy (non-hydrogen) atoms. The van der Waals surface area contributed by atoms with Crippen molar-refractivity contribution >= 4 is 18.0 Å². The Balaban J connectivity index is 2.19. The number of primary amides is 1. The maximum absolute atomic E-state index is 12.1. The molecule has 7 nitrogen and oxygen atoms in total. The van der Waals surface area contributed by atoms with Crippen LogP contribution in [0.3, 0.4) is 0 Å². The number of methoxy groups -OCH3 is 3. The number of hydrogen-bond acceptors (Lipinski definition) is 6. The molecule has 2 aromatic carbocycles. The quantitative estimate of drug-likeness (QED) is 0.566. The summed E-state index contributed by atoms with van der Waals surface area (Å²) in [7, 11) is 4.49. The Labute approximate surface area is 157 Å². The lowest BCUT2D eigenvalue weighted by Crippen LogP contribution is -2.25. The molecule has 0 bridgehead atoms. The molecule has 1 atom stereocenters. The van der Waals surface area contributed by atoms with E-state index >= 15 is 0 Å². The largest absolute Gasteiger partial charge is 0.493 e. The number of esters is 1. The molecule has 1 unspecified atom stereocenters. The second-order valence-corrected chi connectivity index (χ2v) is 5.42. The Bertz CT molecular complexity index is 807. The minimum Gasteiger partial charge on any atom is -0.493 e. The van der Waals surface area contributed by atoms with Crippen molar-refractivity contribution in [3.05, 3.63) is 59.7 Å². The van der Waals surface area contributed by atoms with E-state index in [4.69, 9.17) is 24.7 Å². The van der Waals surface area contributed by atoms with E-state index in [9.17, 15) is 9.59 Å². The molecule has 142 valence electrons. The third-order valence-electron chi connectivity index (χ3n) is 3.69. The fourth-order valence-electron chi connectivity index (χ4n) is 2.44. The molecular weight excluding hydrogens is 350 g/mol. The van der Waals surface area contributed by atoms with Crippen LogP contribution >= 0.6 is 0 Å². The zero-order chi connectivity index (χ0) is 19.8. The first-order valence-electron chi connectivity index (χ1n) is 8.03. The van der Waals surface area contributed by atoms with Crippen LogP contribution in [0.1, 0.15) is 17.2 Å². The van der Waals surface area contributed by atoms with Crippen molar-refractivity contribution in [2.24, 2.45) is 5.73 Å². The van der Waals surface area contributed by atoms with Gasteiger partial charge in [0.2, 0.25) is 11.9 Å². The van der Waals surface area contributed by atoms with Crippen molar-refractivity contribution in [1.82, 2.24) is 0 Å². The summed E-state index contributed by atoms with van der Waals surface area (Å²) >= 11 is 0. The molecule has 2 rings (SSSR count). The SMILES string of the molecule is COc1cc(/C=C/C(=O)OC(C(N)=O)c2ccccc2)cc(OC)c1OC. The fourth-order valence-corrected chi connectivity index (χ4v) is 2.44. The van der Waals surface area contributed by atoms with Gasteiger partial charge in [0.15, 0.2) is 11.5 Å². The first-order valence-corrected chi connectivity index (χ1v) is 8.03. The zero-order valence-corrected chi connectivity index (χ0v) is 15.3. The number of ether oxygens (including phenoxy) is 4. The summed E-state index contributed by atoms with van der Waals surface area (Å²) < 4.78 is 21.0. The van der Waals surface area contributed by atoms with Gasteiger partial charge in [0.05, 0.1) is 21.3 Å². The van der Waals surface area contributed by atoms with Gasteiger partial charge in [0, 0.05) is 11.6 Å². The van der Waals surface area contributed by atoms with Gasteiger partial charge in [-0.25, -0.2) is 4.79 Å². The maximum atomic E-state index is 12.1. The molecule has 7 heteroatoms. The normalized spacial score (nSPS) is 11.7. The number of amides is 1. The number of carbonyl (C=O) groups is 2. The molecule has 0 aliphatic carbocycles. The number of carbonyl (C=O) groups excluding carboxylic acids is 2. The first-order chi connectivity index (χ1) is 13.0. The van der Waals surface area contributed by atoms with Gasteiger partial charge in [-0.05, 0) is 23.8 Å². The van der Waals surface area contributed by atoms with Crippen LogP contribution in [-0.2, 0) is 14.3 Å². The number of hydrogen-bond donors (Lipinski definition) is 1. The smallest absolute Gasteiger partial charge is 0.331 e. The Morgan fingerprint density at radius 1 is 0.963 bits per heavy atom. The molecule has 0 fully saturated rings. The van der Waals surface area contributed by atoms with E-state index < -0.39 is 18.0 Å². The predicted molar refractivity (Wildman–Crippen MR) is 99.6 cm³/mol. The molecule has 0 aliphatic rings. The van der Waals surface area contributed by atoms with Crippen molar-refractivity contribution in [3.8, 4) is 17.2 Å². The van der Waals surface area contributed by atoms with E-state index in [2.05, 4.69) is 0 Å². The van der Waals surface area contributed by atoms with E-state index in [1.807, 2.05) is 0 Å². The minimum absolute atomic E-state index is 0.442. The molecule has 0 spiro atoms. The van der Waals surface area contributed by atoms with E-state index in [1.54, 1.807) is 42.5 Å². The van der Waals surface area contributed by atoms with Crippen LogP contribution in [0.2, 0.25) is 0 Å². The molecule has 2 aromatic rings. The van der Waals surface area contributed by atoms with Crippen LogP contribution < -0.4 is 19.9 Å². The fraction of sp³-hybridized carbons (Fsp3) is 0.200. The summed E-state index contributed by atoms with van der Waals surface area (Å²) in [5, 5.41) is 0. The standard InChI is InChI=1S/C20H21NO6/c1-24-15-11-13(12-16(25-2)19(15)26-3)9-10-17(22)27-18(20(21)23)14-7-5-4-6-8-14/h4-12,18H,1-3H3,(H2,21,23)/b10-9+. The van der Waals surface area contributed by atoms with Crippen molar-refractivity contribution in [1.29, 1.82) is 0 Å². The highest BCUT2D eigenvalue weighted by molar-refractivity contribution is 5.90. The Kier molecular flexibility index (Phi) is 6.82. The monoisotopic (exact) mass is 371 g/mol. The van der Waals surface area contributed by atoms with Crippen molar-refractivity contribution in [3.63, 3.8) is 0 Å². The van der Waals surface area contributed by atoms with Gasteiger partial charge < -0.3 is 24.7 Å². The van der Waals surface area contributed by atoms with Crippen molar-refractivity contribution in [2.75, 3.05) is 21.3 Å². The van der Waals surface area contributed by atoms with E-state index in [0.717, 1.165) is 0 Å². The molecular formula is C20H21NO6. The molecule has 0 saturated heterocycles. The van der Waals surface area contributed by atoms with Crippen LogP contribution in [0.4, 0.5) is 0 Å². The summed E-state index contributed by atoms with van der Waals surface area (Å²) in [6.07, 6.45) is 1.54. The minimum atomic E-state index is -1.16. The third kappa shape index (κ3) is 5.01. The average Bonchev–Trinajstić information content (AvgIpc) is 2.69.